The molecule has 0 saturated heterocycles. The maximum Gasteiger partial charge on any atom is 0.412 e. The minimum atomic E-state index is -4.16. The molecule has 0 aliphatic heterocycles. The zero-order chi connectivity index (χ0) is 17.8. The first-order valence-electron chi connectivity index (χ1n) is 10.1. The van der Waals surface area contributed by atoms with Crippen LogP contribution in [0.1, 0.15) is 71.6 Å². The van der Waals surface area contributed by atoms with Crippen LogP contribution in [-0.2, 0) is 0 Å². The van der Waals surface area contributed by atoms with Crippen LogP contribution >= 0.6 is 0 Å². The molecule has 140 valence electrons. The summed E-state index contributed by atoms with van der Waals surface area (Å²) in [7, 11) is 0. The number of rotatable bonds is 0. The lowest BCUT2D eigenvalue weighted by molar-refractivity contribution is -0.116. The minimum Gasteiger partial charge on any atom is -0.393 e. The summed E-state index contributed by atoms with van der Waals surface area (Å²) in [6, 6.07) is 0. The van der Waals surface area contributed by atoms with Gasteiger partial charge >= 0.3 is 6.18 Å². The van der Waals surface area contributed by atoms with Crippen molar-refractivity contribution in [2.75, 3.05) is 0 Å². The van der Waals surface area contributed by atoms with Crippen LogP contribution in [0.3, 0.4) is 0 Å². The second-order valence-corrected chi connectivity index (χ2v) is 10.1. The maximum atomic E-state index is 13.6. The zero-order valence-corrected chi connectivity index (χ0v) is 15.3. The number of aliphatic hydroxyl groups is 1. The van der Waals surface area contributed by atoms with Gasteiger partial charge in [0.1, 0.15) is 0 Å². The van der Waals surface area contributed by atoms with Crippen molar-refractivity contribution in [2.24, 2.45) is 34.0 Å². The number of allylic oxidation sites excluding steroid dienone is 2. The molecule has 1 spiro atoms. The van der Waals surface area contributed by atoms with Crippen LogP contribution in [0, 0.1) is 34.0 Å². The first kappa shape index (κ1) is 16.6. The van der Waals surface area contributed by atoms with E-state index in [-0.39, 0.29) is 34.3 Å². The average molecular weight is 354 g/mol. The van der Waals surface area contributed by atoms with Crippen molar-refractivity contribution in [3.05, 3.63) is 11.1 Å². The van der Waals surface area contributed by atoms with E-state index in [9.17, 15) is 18.3 Å². The van der Waals surface area contributed by atoms with Gasteiger partial charge in [-0.3, -0.25) is 0 Å². The quantitative estimate of drug-likeness (QED) is 0.559. The standard InChI is InChI=1S/C21H29F3O/c1-18-8-3-4-16(21(22,23)24)13(18)5-6-15-14(18)7-9-19(2)17(25)10-12-11-20(12,15)19/h12,14-15,17,25H,3-11H2,1-2H3/t12-,14+,15-,17-,18+,19-,20+/m1/s1. The lowest BCUT2D eigenvalue weighted by atomic mass is 9.45. The molecular formula is C21H29F3O. The largest absolute Gasteiger partial charge is 0.412 e. The summed E-state index contributed by atoms with van der Waals surface area (Å²) in [5.74, 6) is 1.53. The molecule has 0 aromatic rings. The maximum absolute atomic E-state index is 13.6. The molecule has 5 aliphatic rings. The molecule has 7 atom stereocenters. The predicted octanol–water partition coefficient (Wildman–Crippen LogP) is 5.63. The molecule has 25 heavy (non-hydrogen) atoms. The fourth-order valence-electron chi connectivity index (χ4n) is 8.43. The van der Waals surface area contributed by atoms with E-state index in [4.69, 9.17) is 0 Å². The third-order valence-electron chi connectivity index (χ3n) is 9.62. The van der Waals surface area contributed by atoms with Gasteiger partial charge in [-0.15, -0.1) is 0 Å². The van der Waals surface area contributed by atoms with Gasteiger partial charge in [-0.05, 0) is 91.8 Å². The summed E-state index contributed by atoms with van der Waals surface area (Å²) in [5.41, 5.74) is 0.549. The van der Waals surface area contributed by atoms with Crippen LogP contribution in [0.25, 0.3) is 0 Å². The van der Waals surface area contributed by atoms with Gasteiger partial charge < -0.3 is 5.11 Å². The number of aliphatic hydroxyl groups excluding tert-OH is 1. The van der Waals surface area contributed by atoms with E-state index in [1.807, 2.05) is 0 Å². The molecule has 0 heterocycles. The number of hydrogen-bond acceptors (Lipinski definition) is 1. The smallest absolute Gasteiger partial charge is 0.393 e. The van der Waals surface area contributed by atoms with Crippen LogP contribution < -0.4 is 0 Å². The van der Waals surface area contributed by atoms with E-state index in [1.54, 1.807) is 0 Å². The molecule has 0 amide bonds. The van der Waals surface area contributed by atoms with Crippen molar-refractivity contribution in [3.63, 3.8) is 0 Å². The summed E-state index contributed by atoms with van der Waals surface area (Å²) in [4.78, 5) is 0. The lowest BCUT2D eigenvalue weighted by Gasteiger charge is -2.60. The Bertz CT molecular complexity index is 652. The SMILES string of the molecule is C[C@]12CCCC(C(F)(F)F)=C1CC[C@@H]1[C@@H]2CC[C@]2(C)[C@H](O)C[C@@H]3C[C@]312. The normalized spacial score (nSPS) is 54.5. The van der Waals surface area contributed by atoms with Crippen molar-refractivity contribution in [1.82, 2.24) is 0 Å². The van der Waals surface area contributed by atoms with E-state index >= 15 is 0 Å². The molecule has 1 nitrogen and oxygen atoms in total. The third-order valence-corrected chi connectivity index (χ3v) is 9.62. The van der Waals surface area contributed by atoms with E-state index in [1.165, 1.54) is 6.42 Å². The first-order valence-corrected chi connectivity index (χ1v) is 10.1. The average Bonchev–Trinajstić information content (AvgIpc) is 3.18. The Morgan fingerprint density at radius 2 is 1.80 bits per heavy atom. The van der Waals surface area contributed by atoms with E-state index in [0.29, 0.717) is 30.6 Å². The Hall–Kier alpha value is -0.510. The van der Waals surface area contributed by atoms with E-state index < -0.39 is 6.18 Å². The van der Waals surface area contributed by atoms with Gasteiger partial charge in [0.05, 0.1) is 6.10 Å². The molecule has 4 fully saturated rings. The molecule has 0 bridgehead atoms. The minimum absolute atomic E-state index is 0.0118. The van der Waals surface area contributed by atoms with Crippen molar-refractivity contribution in [1.29, 1.82) is 0 Å². The highest BCUT2D eigenvalue weighted by atomic mass is 19.4. The molecule has 0 aromatic heterocycles. The number of alkyl halides is 3. The van der Waals surface area contributed by atoms with Crippen molar-refractivity contribution in [3.8, 4) is 0 Å². The summed E-state index contributed by atoms with van der Waals surface area (Å²) >= 11 is 0. The van der Waals surface area contributed by atoms with Crippen molar-refractivity contribution < 1.29 is 18.3 Å². The molecule has 5 aliphatic carbocycles. The first-order chi connectivity index (χ1) is 11.6. The number of fused-ring (bicyclic) bond motifs is 3. The number of hydrogen-bond donors (Lipinski definition) is 1. The van der Waals surface area contributed by atoms with Gasteiger partial charge in [-0.2, -0.15) is 13.2 Å². The van der Waals surface area contributed by atoms with Gasteiger partial charge in [0, 0.05) is 5.57 Å². The Labute approximate surface area is 148 Å². The van der Waals surface area contributed by atoms with E-state index in [2.05, 4.69) is 13.8 Å². The molecule has 4 heteroatoms. The summed E-state index contributed by atoms with van der Waals surface area (Å²) in [6.45, 7) is 4.42. The lowest BCUT2D eigenvalue weighted by Crippen LogP contribution is -2.54. The van der Waals surface area contributed by atoms with Gasteiger partial charge in [0.2, 0.25) is 0 Å². The molecule has 0 aromatic carbocycles. The van der Waals surface area contributed by atoms with E-state index in [0.717, 1.165) is 37.7 Å². The van der Waals surface area contributed by atoms with Crippen molar-refractivity contribution >= 4 is 0 Å². The Balaban J connectivity index is 1.57. The Kier molecular flexibility index (Phi) is 3.10. The van der Waals surface area contributed by atoms with Crippen molar-refractivity contribution in [2.45, 2.75) is 83.9 Å². The van der Waals surface area contributed by atoms with Gasteiger partial charge in [0.25, 0.3) is 0 Å². The highest BCUT2D eigenvalue weighted by molar-refractivity contribution is 5.35. The molecule has 0 unspecified atom stereocenters. The zero-order valence-electron chi connectivity index (χ0n) is 15.3. The van der Waals surface area contributed by atoms with Gasteiger partial charge in [-0.25, -0.2) is 0 Å². The third kappa shape index (κ3) is 1.81. The van der Waals surface area contributed by atoms with Crippen LogP contribution in [0.15, 0.2) is 11.1 Å². The van der Waals surface area contributed by atoms with Gasteiger partial charge in [0.15, 0.2) is 0 Å². The Morgan fingerprint density at radius 1 is 1.04 bits per heavy atom. The van der Waals surface area contributed by atoms with Crippen LogP contribution in [0.4, 0.5) is 13.2 Å². The highest BCUT2D eigenvalue weighted by Gasteiger charge is 2.77. The summed E-state index contributed by atoms with van der Waals surface area (Å²) in [6.07, 6.45) is 3.13. The van der Waals surface area contributed by atoms with Gasteiger partial charge in [-0.1, -0.05) is 19.4 Å². The summed E-state index contributed by atoms with van der Waals surface area (Å²) in [5, 5.41) is 10.7. The summed E-state index contributed by atoms with van der Waals surface area (Å²) < 4.78 is 40.9. The molecule has 0 radical (unpaired) electrons. The topological polar surface area (TPSA) is 20.2 Å². The predicted molar refractivity (Wildman–Crippen MR) is 89.8 cm³/mol. The molecule has 1 N–H and O–H groups in total. The van der Waals surface area contributed by atoms with Crippen LogP contribution in [0.5, 0.6) is 0 Å². The molecule has 4 saturated carbocycles. The molecule has 5 rings (SSSR count). The Morgan fingerprint density at radius 3 is 2.52 bits per heavy atom. The van der Waals surface area contributed by atoms with Crippen LogP contribution in [-0.4, -0.2) is 17.4 Å². The number of halogens is 3. The molecular weight excluding hydrogens is 325 g/mol. The second-order valence-electron chi connectivity index (χ2n) is 10.1. The van der Waals surface area contributed by atoms with Crippen LogP contribution in [0.2, 0.25) is 0 Å². The highest BCUT2D eigenvalue weighted by Crippen LogP contribution is 2.82. The fraction of sp³-hybridized carbons (Fsp3) is 0.905. The fourth-order valence-corrected chi connectivity index (χ4v) is 8.43. The monoisotopic (exact) mass is 354 g/mol. The second kappa shape index (κ2) is 4.66.